The highest BCUT2D eigenvalue weighted by Gasteiger charge is 2.47. The van der Waals surface area contributed by atoms with Gasteiger partial charge in [-0.1, -0.05) is 42.5 Å². The molecule has 9 heteroatoms. The Morgan fingerprint density at radius 3 is 2.48 bits per heavy atom. The average molecular weight is 472 g/mol. The Kier molecular flexibility index (Phi) is 6.42. The SMILES string of the molecule is Cc1nc(-c2ccccc2)sc1CN1C(=O)NC(C)(CCc2ccc(OC(F)F)cc2)C1=O. The first kappa shape index (κ1) is 22.8. The van der Waals surface area contributed by atoms with Crippen LogP contribution in [0.25, 0.3) is 10.6 Å². The van der Waals surface area contributed by atoms with Gasteiger partial charge in [-0.25, -0.2) is 9.78 Å². The number of aryl methyl sites for hydroxylation is 2. The van der Waals surface area contributed by atoms with E-state index >= 15 is 0 Å². The number of alkyl halides is 2. The van der Waals surface area contributed by atoms with Crippen molar-refractivity contribution in [2.45, 2.75) is 45.4 Å². The molecule has 4 rings (SSSR count). The Morgan fingerprint density at radius 1 is 1.12 bits per heavy atom. The molecule has 0 spiro atoms. The van der Waals surface area contributed by atoms with E-state index in [2.05, 4.69) is 15.0 Å². The van der Waals surface area contributed by atoms with Gasteiger partial charge in [0.1, 0.15) is 16.3 Å². The third-order valence-corrected chi connectivity index (χ3v) is 6.81. The molecule has 3 amide bonds. The van der Waals surface area contributed by atoms with E-state index in [9.17, 15) is 18.4 Å². The van der Waals surface area contributed by atoms with E-state index in [0.717, 1.165) is 26.7 Å². The molecule has 2 heterocycles. The Morgan fingerprint density at radius 2 is 1.82 bits per heavy atom. The molecule has 1 atom stereocenters. The van der Waals surface area contributed by atoms with Gasteiger partial charge in [0.05, 0.1) is 12.2 Å². The lowest BCUT2D eigenvalue weighted by atomic mass is 9.93. The molecule has 1 aliphatic rings. The second-order valence-corrected chi connectivity index (χ2v) is 9.15. The van der Waals surface area contributed by atoms with Gasteiger partial charge in [-0.05, 0) is 44.4 Å². The Labute approximate surface area is 194 Å². The van der Waals surface area contributed by atoms with Gasteiger partial charge in [0.2, 0.25) is 0 Å². The maximum absolute atomic E-state index is 13.2. The summed E-state index contributed by atoms with van der Waals surface area (Å²) >= 11 is 1.47. The van der Waals surface area contributed by atoms with Crippen molar-refractivity contribution < 1.29 is 23.1 Å². The highest BCUT2D eigenvalue weighted by molar-refractivity contribution is 7.15. The Balaban J connectivity index is 1.42. The molecule has 172 valence electrons. The smallest absolute Gasteiger partial charge is 0.387 e. The first-order valence-electron chi connectivity index (χ1n) is 10.4. The molecule has 6 nitrogen and oxygen atoms in total. The van der Waals surface area contributed by atoms with Crippen LogP contribution in [-0.2, 0) is 17.8 Å². The minimum atomic E-state index is -2.88. The summed E-state index contributed by atoms with van der Waals surface area (Å²) in [6.45, 7) is 0.863. The summed E-state index contributed by atoms with van der Waals surface area (Å²) in [5.74, 6) is -0.217. The van der Waals surface area contributed by atoms with Gasteiger partial charge in [-0.3, -0.25) is 9.69 Å². The van der Waals surface area contributed by atoms with Crippen molar-refractivity contribution in [3.05, 3.63) is 70.7 Å². The first-order chi connectivity index (χ1) is 15.7. The number of nitrogens with one attached hydrogen (secondary N) is 1. The number of hydrogen-bond acceptors (Lipinski definition) is 5. The normalized spacial score (nSPS) is 18.2. The molecule has 1 saturated heterocycles. The minimum Gasteiger partial charge on any atom is -0.435 e. The predicted molar refractivity (Wildman–Crippen MR) is 121 cm³/mol. The number of halogens is 2. The average Bonchev–Trinajstić information content (AvgIpc) is 3.26. The van der Waals surface area contributed by atoms with E-state index in [4.69, 9.17) is 0 Å². The number of imide groups is 1. The molecule has 0 bridgehead atoms. The van der Waals surface area contributed by atoms with Gasteiger partial charge < -0.3 is 10.1 Å². The van der Waals surface area contributed by atoms with Gasteiger partial charge in [0.25, 0.3) is 5.91 Å². The minimum absolute atomic E-state index is 0.0752. The van der Waals surface area contributed by atoms with Crippen LogP contribution in [-0.4, -0.2) is 34.0 Å². The summed E-state index contributed by atoms with van der Waals surface area (Å²) in [7, 11) is 0. The van der Waals surface area contributed by atoms with Gasteiger partial charge >= 0.3 is 12.6 Å². The fourth-order valence-electron chi connectivity index (χ4n) is 3.71. The third kappa shape index (κ3) is 5.03. The number of carbonyl (C=O) groups excluding carboxylic acids is 2. The zero-order valence-corrected chi connectivity index (χ0v) is 19.0. The summed E-state index contributed by atoms with van der Waals surface area (Å²) in [4.78, 5) is 32.5. The van der Waals surface area contributed by atoms with Crippen LogP contribution in [0, 0.1) is 6.92 Å². The third-order valence-electron chi connectivity index (χ3n) is 5.62. The molecule has 1 aliphatic heterocycles. The number of benzene rings is 2. The number of amides is 3. The Hall–Kier alpha value is -3.33. The number of ether oxygens (including phenoxy) is 1. The van der Waals surface area contributed by atoms with Crippen molar-refractivity contribution in [2.75, 3.05) is 0 Å². The van der Waals surface area contributed by atoms with E-state index in [1.165, 1.54) is 28.4 Å². The summed E-state index contributed by atoms with van der Waals surface area (Å²) in [5, 5.41) is 3.66. The second kappa shape index (κ2) is 9.27. The standard InChI is InChI=1S/C24H23F2N3O3S/c1-15-19(33-20(27-15)17-6-4-3-5-7-17)14-29-21(30)24(2,28-23(29)31)13-12-16-8-10-18(11-9-16)32-22(25)26/h3-11,22H,12-14H2,1-2H3,(H,28,31). The van der Waals surface area contributed by atoms with Crippen LogP contribution in [0.1, 0.15) is 29.5 Å². The largest absolute Gasteiger partial charge is 0.435 e. The lowest BCUT2D eigenvalue weighted by Gasteiger charge is -2.21. The van der Waals surface area contributed by atoms with Crippen LogP contribution in [0.15, 0.2) is 54.6 Å². The lowest BCUT2D eigenvalue weighted by Crippen LogP contribution is -2.44. The Bertz CT molecular complexity index is 1150. The number of thiazole rings is 1. The van der Waals surface area contributed by atoms with Crippen molar-refractivity contribution >= 4 is 23.3 Å². The lowest BCUT2D eigenvalue weighted by molar-refractivity contribution is -0.131. The highest BCUT2D eigenvalue weighted by Crippen LogP contribution is 2.31. The molecule has 0 radical (unpaired) electrons. The molecule has 1 unspecified atom stereocenters. The molecule has 0 saturated carbocycles. The maximum Gasteiger partial charge on any atom is 0.387 e. The fraction of sp³-hybridized carbons (Fsp3) is 0.292. The monoisotopic (exact) mass is 471 g/mol. The molecular formula is C24H23F2N3O3S. The van der Waals surface area contributed by atoms with Gasteiger partial charge in [-0.2, -0.15) is 8.78 Å². The summed E-state index contributed by atoms with van der Waals surface area (Å²) in [6, 6.07) is 15.6. The van der Waals surface area contributed by atoms with Crippen LogP contribution in [0.4, 0.5) is 13.6 Å². The van der Waals surface area contributed by atoms with Crippen LogP contribution < -0.4 is 10.1 Å². The number of urea groups is 1. The van der Waals surface area contributed by atoms with Crippen molar-refractivity contribution in [3.63, 3.8) is 0 Å². The van der Waals surface area contributed by atoms with Gasteiger partial charge in [0.15, 0.2) is 0 Å². The van der Waals surface area contributed by atoms with Crippen LogP contribution >= 0.6 is 11.3 Å². The molecule has 1 fully saturated rings. The molecule has 3 aromatic rings. The second-order valence-electron chi connectivity index (χ2n) is 8.07. The quantitative estimate of drug-likeness (QED) is 0.461. The maximum atomic E-state index is 13.2. The fourth-order valence-corrected chi connectivity index (χ4v) is 4.77. The number of hydrogen-bond donors (Lipinski definition) is 1. The molecule has 0 aliphatic carbocycles. The number of carbonyl (C=O) groups is 2. The van der Waals surface area contributed by atoms with Crippen LogP contribution in [0.3, 0.4) is 0 Å². The summed E-state index contributed by atoms with van der Waals surface area (Å²) in [5.41, 5.74) is 1.59. The predicted octanol–water partition coefficient (Wildman–Crippen LogP) is 5.16. The molecular weight excluding hydrogens is 448 g/mol. The summed E-state index contributed by atoms with van der Waals surface area (Å²) in [6.07, 6.45) is 0.864. The molecule has 2 aromatic carbocycles. The van der Waals surface area contributed by atoms with E-state index < -0.39 is 18.2 Å². The summed E-state index contributed by atoms with van der Waals surface area (Å²) < 4.78 is 29.0. The molecule has 1 N–H and O–H groups in total. The van der Waals surface area contributed by atoms with E-state index in [1.807, 2.05) is 37.3 Å². The molecule has 1 aromatic heterocycles. The van der Waals surface area contributed by atoms with Crippen molar-refractivity contribution in [1.82, 2.24) is 15.2 Å². The van der Waals surface area contributed by atoms with Gasteiger partial charge in [0, 0.05) is 10.4 Å². The van der Waals surface area contributed by atoms with E-state index in [1.54, 1.807) is 19.1 Å². The van der Waals surface area contributed by atoms with E-state index in [-0.39, 0.29) is 18.2 Å². The number of nitrogens with zero attached hydrogens (tertiary/aromatic N) is 2. The van der Waals surface area contributed by atoms with Crippen molar-refractivity contribution in [3.8, 4) is 16.3 Å². The zero-order valence-electron chi connectivity index (χ0n) is 18.2. The number of aromatic nitrogens is 1. The van der Waals surface area contributed by atoms with Crippen molar-refractivity contribution in [2.24, 2.45) is 0 Å². The zero-order chi connectivity index (χ0) is 23.6. The van der Waals surface area contributed by atoms with Crippen LogP contribution in [0.2, 0.25) is 0 Å². The van der Waals surface area contributed by atoms with E-state index in [0.29, 0.717) is 12.8 Å². The van der Waals surface area contributed by atoms with Crippen molar-refractivity contribution in [1.29, 1.82) is 0 Å². The van der Waals surface area contributed by atoms with Crippen LogP contribution in [0.5, 0.6) is 5.75 Å². The van der Waals surface area contributed by atoms with Gasteiger partial charge in [-0.15, -0.1) is 11.3 Å². The first-order valence-corrected chi connectivity index (χ1v) is 11.3. The molecule has 33 heavy (non-hydrogen) atoms. The topological polar surface area (TPSA) is 71.5 Å². The number of rotatable bonds is 8. The highest BCUT2D eigenvalue weighted by atomic mass is 32.1.